The molecule has 102 valence electrons. The number of para-hydroxylation sites is 1. The fraction of sp³-hybridized carbons (Fsp3) is 0.357. The minimum atomic E-state index is 0.310. The highest BCUT2D eigenvalue weighted by molar-refractivity contribution is 6.33. The summed E-state index contributed by atoms with van der Waals surface area (Å²) >= 11 is 6.22. The average Bonchev–Trinajstić information content (AvgIpc) is 2.75. The van der Waals surface area contributed by atoms with E-state index >= 15 is 0 Å². The lowest BCUT2D eigenvalue weighted by molar-refractivity contribution is 0.479. The van der Waals surface area contributed by atoms with Crippen LogP contribution in [0.15, 0.2) is 28.8 Å². The highest BCUT2D eigenvalue weighted by Gasteiger charge is 2.09. The van der Waals surface area contributed by atoms with E-state index in [1.54, 1.807) is 6.20 Å². The number of benzene rings is 1. The Balaban J connectivity index is 2.13. The first-order valence-corrected chi connectivity index (χ1v) is 6.64. The lowest BCUT2D eigenvalue weighted by Gasteiger charge is -2.17. The van der Waals surface area contributed by atoms with Crippen LogP contribution in [0.1, 0.15) is 25.5 Å². The number of halogens is 1. The van der Waals surface area contributed by atoms with Gasteiger partial charge in [-0.15, -0.1) is 0 Å². The molecule has 0 fully saturated rings. The number of oxazole rings is 1. The molecule has 2 aromatic rings. The summed E-state index contributed by atoms with van der Waals surface area (Å²) < 4.78 is 5.43. The largest absolute Gasteiger partial charge is 0.444 e. The van der Waals surface area contributed by atoms with E-state index in [0.717, 1.165) is 17.1 Å². The maximum Gasteiger partial charge on any atom is 0.213 e. The molecular weight excluding hydrogens is 262 g/mol. The van der Waals surface area contributed by atoms with Crippen molar-refractivity contribution >= 4 is 23.0 Å². The van der Waals surface area contributed by atoms with Gasteiger partial charge in [0, 0.05) is 6.04 Å². The number of aryl methyl sites for hydroxylation is 1. The minimum absolute atomic E-state index is 0.310. The van der Waals surface area contributed by atoms with Crippen LogP contribution >= 0.6 is 11.6 Å². The van der Waals surface area contributed by atoms with Crippen LogP contribution in [0.2, 0.25) is 5.02 Å². The van der Waals surface area contributed by atoms with E-state index in [0.29, 0.717) is 23.5 Å². The third-order valence-corrected chi connectivity index (χ3v) is 2.86. The van der Waals surface area contributed by atoms with Gasteiger partial charge in [-0.3, -0.25) is 0 Å². The molecule has 0 saturated heterocycles. The van der Waals surface area contributed by atoms with Crippen molar-refractivity contribution in [2.45, 2.75) is 33.4 Å². The van der Waals surface area contributed by atoms with Crippen molar-refractivity contribution in [1.29, 1.82) is 0 Å². The Kier molecular flexibility index (Phi) is 4.32. The molecule has 0 unspecified atom stereocenters. The number of nitrogens with zero attached hydrogens (tertiary/aromatic N) is 1. The highest BCUT2D eigenvalue weighted by atomic mass is 35.5. The van der Waals surface area contributed by atoms with E-state index in [-0.39, 0.29) is 0 Å². The molecule has 1 heterocycles. The number of hydrogen-bond acceptors (Lipinski definition) is 4. The van der Waals surface area contributed by atoms with Gasteiger partial charge in [-0.25, -0.2) is 4.98 Å². The standard InChI is InChI=1S/C14H18ClN3O/c1-9(2)18-14-11(15)5-4-6-12(14)16-8-13-17-7-10(3)19-13/h4-7,9,16,18H,8H2,1-3H3. The second-order valence-electron chi connectivity index (χ2n) is 4.68. The van der Waals surface area contributed by atoms with Gasteiger partial charge in [0.05, 0.1) is 29.1 Å². The molecule has 5 heteroatoms. The van der Waals surface area contributed by atoms with E-state index in [9.17, 15) is 0 Å². The van der Waals surface area contributed by atoms with E-state index in [1.165, 1.54) is 0 Å². The van der Waals surface area contributed by atoms with Gasteiger partial charge in [0.2, 0.25) is 5.89 Å². The molecule has 2 rings (SSSR count). The number of rotatable bonds is 5. The van der Waals surface area contributed by atoms with Crippen molar-refractivity contribution in [3.8, 4) is 0 Å². The smallest absolute Gasteiger partial charge is 0.213 e. The monoisotopic (exact) mass is 279 g/mol. The number of nitrogens with one attached hydrogen (secondary N) is 2. The molecule has 0 aliphatic carbocycles. The van der Waals surface area contributed by atoms with Crippen molar-refractivity contribution in [3.63, 3.8) is 0 Å². The maximum absolute atomic E-state index is 6.22. The Bertz CT molecular complexity index is 551. The number of hydrogen-bond donors (Lipinski definition) is 2. The Hall–Kier alpha value is -1.68. The van der Waals surface area contributed by atoms with E-state index in [2.05, 4.69) is 29.5 Å². The lowest BCUT2D eigenvalue weighted by Crippen LogP contribution is -2.12. The molecule has 19 heavy (non-hydrogen) atoms. The predicted molar refractivity (Wildman–Crippen MR) is 78.8 cm³/mol. The van der Waals surface area contributed by atoms with Crippen molar-refractivity contribution in [2.75, 3.05) is 10.6 Å². The van der Waals surface area contributed by atoms with Crippen molar-refractivity contribution in [3.05, 3.63) is 41.1 Å². The number of anilines is 2. The highest BCUT2D eigenvalue weighted by Crippen LogP contribution is 2.31. The van der Waals surface area contributed by atoms with Gasteiger partial charge >= 0.3 is 0 Å². The van der Waals surface area contributed by atoms with Crippen LogP contribution in [-0.4, -0.2) is 11.0 Å². The zero-order valence-corrected chi connectivity index (χ0v) is 12.1. The fourth-order valence-electron chi connectivity index (χ4n) is 1.76. The Morgan fingerprint density at radius 3 is 2.79 bits per heavy atom. The van der Waals surface area contributed by atoms with E-state index in [4.69, 9.17) is 16.0 Å². The fourth-order valence-corrected chi connectivity index (χ4v) is 1.99. The van der Waals surface area contributed by atoms with Crippen molar-refractivity contribution < 1.29 is 4.42 Å². The van der Waals surface area contributed by atoms with E-state index in [1.807, 2.05) is 25.1 Å². The zero-order valence-electron chi connectivity index (χ0n) is 11.3. The summed E-state index contributed by atoms with van der Waals surface area (Å²) in [6.45, 7) is 6.55. The normalized spacial score (nSPS) is 10.8. The molecular formula is C14H18ClN3O. The maximum atomic E-state index is 6.22. The molecule has 0 aliphatic heterocycles. The molecule has 0 saturated carbocycles. The molecule has 1 aromatic heterocycles. The van der Waals surface area contributed by atoms with Crippen molar-refractivity contribution in [2.24, 2.45) is 0 Å². The Morgan fingerprint density at radius 1 is 1.37 bits per heavy atom. The first kappa shape index (κ1) is 13.7. The molecule has 0 atom stereocenters. The summed E-state index contributed by atoms with van der Waals surface area (Å²) in [6, 6.07) is 6.07. The third-order valence-electron chi connectivity index (χ3n) is 2.55. The second kappa shape index (κ2) is 5.97. The van der Waals surface area contributed by atoms with Gasteiger partial charge in [-0.1, -0.05) is 17.7 Å². The Morgan fingerprint density at radius 2 is 2.16 bits per heavy atom. The van der Waals surface area contributed by atoms with Gasteiger partial charge in [0.15, 0.2) is 0 Å². The van der Waals surface area contributed by atoms with Crippen LogP contribution in [0.3, 0.4) is 0 Å². The van der Waals surface area contributed by atoms with Crippen LogP contribution < -0.4 is 10.6 Å². The van der Waals surface area contributed by atoms with Crippen LogP contribution in [-0.2, 0) is 6.54 Å². The third kappa shape index (κ3) is 3.64. The van der Waals surface area contributed by atoms with Gasteiger partial charge in [0.25, 0.3) is 0 Å². The summed E-state index contributed by atoms with van der Waals surface area (Å²) in [7, 11) is 0. The van der Waals surface area contributed by atoms with Gasteiger partial charge in [-0.2, -0.15) is 0 Å². The molecule has 0 radical (unpaired) electrons. The second-order valence-corrected chi connectivity index (χ2v) is 5.09. The summed E-state index contributed by atoms with van der Waals surface area (Å²) in [6.07, 6.45) is 1.71. The summed E-state index contributed by atoms with van der Waals surface area (Å²) in [5, 5.41) is 7.32. The van der Waals surface area contributed by atoms with Crippen LogP contribution in [0.25, 0.3) is 0 Å². The number of aromatic nitrogens is 1. The molecule has 0 bridgehead atoms. The molecule has 2 N–H and O–H groups in total. The first-order chi connectivity index (χ1) is 9.06. The topological polar surface area (TPSA) is 50.1 Å². The average molecular weight is 280 g/mol. The quantitative estimate of drug-likeness (QED) is 0.866. The summed E-state index contributed by atoms with van der Waals surface area (Å²) in [4.78, 5) is 4.16. The van der Waals surface area contributed by atoms with Crippen LogP contribution in [0.4, 0.5) is 11.4 Å². The van der Waals surface area contributed by atoms with Crippen LogP contribution in [0, 0.1) is 6.92 Å². The SMILES string of the molecule is Cc1cnc(CNc2cccc(Cl)c2NC(C)C)o1. The van der Waals surface area contributed by atoms with Gasteiger partial charge < -0.3 is 15.1 Å². The van der Waals surface area contributed by atoms with E-state index < -0.39 is 0 Å². The molecule has 0 aliphatic rings. The molecule has 4 nitrogen and oxygen atoms in total. The summed E-state index contributed by atoms with van der Waals surface area (Å²) in [5.41, 5.74) is 1.85. The van der Waals surface area contributed by atoms with Crippen molar-refractivity contribution in [1.82, 2.24) is 4.98 Å². The first-order valence-electron chi connectivity index (χ1n) is 6.26. The van der Waals surface area contributed by atoms with Gasteiger partial charge in [0.1, 0.15) is 5.76 Å². The van der Waals surface area contributed by atoms with Crippen LogP contribution in [0.5, 0.6) is 0 Å². The molecule has 0 amide bonds. The lowest BCUT2D eigenvalue weighted by atomic mass is 10.2. The van der Waals surface area contributed by atoms with Gasteiger partial charge in [-0.05, 0) is 32.9 Å². The Labute approximate surface area is 118 Å². The zero-order chi connectivity index (χ0) is 13.8. The predicted octanol–water partition coefficient (Wildman–Crippen LogP) is 4.07. The molecule has 1 aromatic carbocycles. The minimum Gasteiger partial charge on any atom is -0.444 e. The summed E-state index contributed by atoms with van der Waals surface area (Å²) in [5.74, 6) is 1.47. The molecule has 0 spiro atoms.